The van der Waals surface area contributed by atoms with Crippen molar-refractivity contribution in [3.05, 3.63) is 36.4 Å². The standard InChI is InChI=1S/C16H24N2O3/c1-5-9-17-16(19)12-18(6-2)11-13-7-8-14(20-3)15(10-13)21-4/h5,7-8,10H,1,6,9,11-12H2,2-4H3,(H,17,19). The van der Waals surface area contributed by atoms with Gasteiger partial charge in [-0.2, -0.15) is 0 Å². The number of methoxy groups -OCH3 is 2. The summed E-state index contributed by atoms with van der Waals surface area (Å²) >= 11 is 0. The van der Waals surface area contributed by atoms with Crippen molar-refractivity contribution < 1.29 is 14.3 Å². The van der Waals surface area contributed by atoms with Crippen LogP contribution in [0.25, 0.3) is 0 Å². The summed E-state index contributed by atoms with van der Waals surface area (Å²) in [5.74, 6) is 1.40. The zero-order valence-electron chi connectivity index (χ0n) is 13.0. The largest absolute Gasteiger partial charge is 0.493 e. The number of amides is 1. The third kappa shape index (κ3) is 5.47. The van der Waals surface area contributed by atoms with Crippen LogP contribution in [-0.2, 0) is 11.3 Å². The molecule has 0 fully saturated rings. The highest BCUT2D eigenvalue weighted by atomic mass is 16.5. The highest BCUT2D eigenvalue weighted by Gasteiger charge is 2.11. The molecule has 0 radical (unpaired) electrons. The van der Waals surface area contributed by atoms with Crippen molar-refractivity contribution in [3.8, 4) is 11.5 Å². The predicted molar refractivity (Wildman–Crippen MR) is 83.7 cm³/mol. The number of nitrogens with zero attached hydrogens (tertiary/aromatic N) is 1. The average Bonchev–Trinajstić information content (AvgIpc) is 2.51. The first kappa shape index (κ1) is 17.0. The second kappa shape index (κ2) is 9.02. The molecule has 0 aliphatic rings. The molecular weight excluding hydrogens is 268 g/mol. The minimum absolute atomic E-state index is 0.00257. The van der Waals surface area contributed by atoms with E-state index in [0.717, 1.165) is 12.1 Å². The lowest BCUT2D eigenvalue weighted by Crippen LogP contribution is -2.36. The summed E-state index contributed by atoms with van der Waals surface area (Å²) in [7, 11) is 3.22. The highest BCUT2D eigenvalue weighted by Crippen LogP contribution is 2.27. The molecule has 0 spiro atoms. The molecule has 1 amide bonds. The number of hydrogen-bond acceptors (Lipinski definition) is 4. The van der Waals surface area contributed by atoms with Crippen molar-refractivity contribution in [1.82, 2.24) is 10.2 Å². The van der Waals surface area contributed by atoms with E-state index >= 15 is 0 Å². The van der Waals surface area contributed by atoms with Gasteiger partial charge in [0.05, 0.1) is 20.8 Å². The topological polar surface area (TPSA) is 50.8 Å². The fourth-order valence-corrected chi connectivity index (χ4v) is 1.96. The molecule has 1 N–H and O–H groups in total. The maximum absolute atomic E-state index is 11.7. The van der Waals surface area contributed by atoms with E-state index in [1.165, 1.54) is 0 Å². The maximum atomic E-state index is 11.7. The van der Waals surface area contributed by atoms with Crippen LogP contribution in [0.5, 0.6) is 11.5 Å². The predicted octanol–water partition coefficient (Wildman–Crippen LogP) is 1.83. The Balaban J connectivity index is 2.68. The number of carbonyl (C=O) groups is 1. The van der Waals surface area contributed by atoms with Gasteiger partial charge in [0.1, 0.15) is 0 Å². The van der Waals surface area contributed by atoms with Gasteiger partial charge < -0.3 is 14.8 Å². The van der Waals surface area contributed by atoms with Crippen molar-refractivity contribution in [2.45, 2.75) is 13.5 Å². The number of benzene rings is 1. The molecule has 116 valence electrons. The Bertz CT molecular complexity index is 475. The van der Waals surface area contributed by atoms with Gasteiger partial charge in [-0.05, 0) is 24.2 Å². The van der Waals surface area contributed by atoms with E-state index < -0.39 is 0 Å². The maximum Gasteiger partial charge on any atom is 0.234 e. The van der Waals surface area contributed by atoms with Gasteiger partial charge in [-0.3, -0.25) is 9.69 Å². The molecule has 1 rings (SSSR count). The van der Waals surface area contributed by atoms with Crippen LogP contribution in [0.3, 0.4) is 0 Å². The Morgan fingerprint density at radius 3 is 2.62 bits per heavy atom. The van der Waals surface area contributed by atoms with E-state index in [2.05, 4.69) is 16.8 Å². The van der Waals surface area contributed by atoms with Crippen molar-refractivity contribution in [1.29, 1.82) is 0 Å². The molecule has 5 nitrogen and oxygen atoms in total. The minimum atomic E-state index is -0.00257. The zero-order chi connectivity index (χ0) is 15.7. The van der Waals surface area contributed by atoms with Crippen LogP contribution in [0.2, 0.25) is 0 Å². The monoisotopic (exact) mass is 292 g/mol. The van der Waals surface area contributed by atoms with Crippen LogP contribution in [0.15, 0.2) is 30.9 Å². The summed E-state index contributed by atoms with van der Waals surface area (Å²) in [6.07, 6.45) is 1.67. The lowest BCUT2D eigenvalue weighted by atomic mass is 10.2. The van der Waals surface area contributed by atoms with E-state index in [9.17, 15) is 4.79 Å². The molecule has 0 saturated carbocycles. The molecule has 1 aromatic rings. The van der Waals surface area contributed by atoms with Crippen molar-refractivity contribution in [2.24, 2.45) is 0 Å². The molecule has 0 atom stereocenters. The summed E-state index contributed by atoms with van der Waals surface area (Å²) in [6.45, 7) is 7.93. The Morgan fingerprint density at radius 1 is 1.33 bits per heavy atom. The van der Waals surface area contributed by atoms with Gasteiger partial charge in [-0.1, -0.05) is 19.1 Å². The summed E-state index contributed by atoms with van der Waals surface area (Å²) in [6, 6.07) is 5.79. The number of hydrogen-bond donors (Lipinski definition) is 1. The first-order chi connectivity index (χ1) is 10.1. The molecule has 21 heavy (non-hydrogen) atoms. The van der Waals surface area contributed by atoms with Gasteiger partial charge in [-0.15, -0.1) is 6.58 Å². The molecule has 0 unspecified atom stereocenters. The van der Waals surface area contributed by atoms with Crippen LogP contribution in [0, 0.1) is 0 Å². The zero-order valence-corrected chi connectivity index (χ0v) is 13.0. The van der Waals surface area contributed by atoms with Gasteiger partial charge in [0.15, 0.2) is 11.5 Å². The molecule has 0 bridgehead atoms. The smallest absolute Gasteiger partial charge is 0.234 e. The number of nitrogens with one attached hydrogen (secondary N) is 1. The molecule has 0 saturated heterocycles. The van der Waals surface area contributed by atoms with E-state index in [0.29, 0.717) is 31.1 Å². The van der Waals surface area contributed by atoms with Crippen molar-refractivity contribution in [3.63, 3.8) is 0 Å². The third-order valence-electron chi connectivity index (χ3n) is 3.11. The second-order valence-electron chi connectivity index (χ2n) is 4.59. The summed E-state index contributed by atoms with van der Waals surface area (Å²) < 4.78 is 10.5. The lowest BCUT2D eigenvalue weighted by molar-refractivity contribution is -0.122. The Kier molecular flexibility index (Phi) is 7.32. The van der Waals surface area contributed by atoms with E-state index in [4.69, 9.17) is 9.47 Å². The number of likely N-dealkylation sites (N-methyl/N-ethyl adjacent to an activating group) is 1. The van der Waals surface area contributed by atoms with E-state index in [1.54, 1.807) is 20.3 Å². The Hall–Kier alpha value is -2.01. The number of ether oxygens (including phenoxy) is 2. The lowest BCUT2D eigenvalue weighted by Gasteiger charge is -2.20. The third-order valence-corrected chi connectivity index (χ3v) is 3.11. The number of carbonyl (C=O) groups excluding carboxylic acids is 1. The summed E-state index contributed by atoms with van der Waals surface area (Å²) in [5.41, 5.74) is 1.08. The normalized spacial score (nSPS) is 10.3. The van der Waals surface area contributed by atoms with Gasteiger partial charge >= 0.3 is 0 Å². The highest BCUT2D eigenvalue weighted by molar-refractivity contribution is 5.78. The molecule has 0 aliphatic heterocycles. The minimum Gasteiger partial charge on any atom is -0.493 e. The van der Waals surface area contributed by atoms with Crippen molar-refractivity contribution in [2.75, 3.05) is 33.9 Å². The summed E-state index contributed by atoms with van der Waals surface area (Å²) in [5, 5.41) is 2.78. The van der Waals surface area contributed by atoms with Gasteiger partial charge in [0.25, 0.3) is 0 Å². The van der Waals surface area contributed by atoms with E-state index in [1.807, 2.05) is 25.1 Å². The van der Waals surface area contributed by atoms with Crippen LogP contribution in [-0.4, -0.2) is 44.7 Å². The van der Waals surface area contributed by atoms with Crippen molar-refractivity contribution >= 4 is 5.91 Å². The SMILES string of the molecule is C=CCNC(=O)CN(CC)Cc1ccc(OC)c(OC)c1. The van der Waals surface area contributed by atoms with Gasteiger partial charge in [0, 0.05) is 13.1 Å². The van der Waals surface area contributed by atoms with Crippen LogP contribution >= 0.6 is 0 Å². The molecule has 0 aromatic heterocycles. The molecule has 0 heterocycles. The van der Waals surface area contributed by atoms with Gasteiger partial charge in [0.2, 0.25) is 5.91 Å². The molecule has 5 heteroatoms. The molecule has 1 aromatic carbocycles. The first-order valence-corrected chi connectivity index (χ1v) is 6.95. The average molecular weight is 292 g/mol. The Morgan fingerprint density at radius 2 is 2.05 bits per heavy atom. The van der Waals surface area contributed by atoms with Crippen LogP contribution < -0.4 is 14.8 Å². The second-order valence-corrected chi connectivity index (χ2v) is 4.59. The van der Waals surface area contributed by atoms with Crippen LogP contribution in [0.4, 0.5) is 0 Å². The fourth-order valence-electron chi connectivity index (χ4n) is 1.96. The first-order valence-electron chi connectivity index (χ1n) is 6.95. The molecular formula is C16H24N2O3. The fraction of sp³-hybridized carbons (Fsp3) is 0.438. The quantitative estimate of drug-likeness (QED) is 0.706. The number of rotatable bonds is 9. The van der Waals surface area contributed by atoms with E-state index in [-0.39, 0.29) is 5.91 Å². The van der Waals surface area contributed by atoms with Crippen LogP contribution in [0.1, 0.15) is 12.5 Å². The molecule has 0 aliphatic carbocycles. The summed E-state index contributed by atoms with van der Waals surface area (Å²) in [4.78, 5) is 13.8. The Labute approximate surface area is 126 Å². The van der Waals surface area contributed by atoms with Gasteiger partial charge in [-0.25, -0.2) is 0 Å².